The van der Waals surface area contributed by atoms with Crippen molar-refractivity contribution < 1.29 is 37.8 Å². The molecule has 13 heteroatoms. The third-order valence-corrected chi connectivity index (χ3v) is 9.44. The quantitative estimate of drug-likeness (QED) is 0.238. The van der Waals surface area contributed by atoms with Crippen molar-refractivity contribution in [2.24, 2.45) is 5.92 Å². The lowest BCUT2D eigenvalue weighted by Crippen LogP contribution is -2.55. The second kappa shape index (κ2) is 16.5. The van der Waals surface area contributed by atoms with Crippen LogP contribution in [0, 0.1) is 5.92 Å². The lowest BCUT2D eigenvalue weighted by Gasteiger charge is -2.34. The lowest BCUT2D eigenvalue weighted by atomic mass is 9.84. The zero-order valence-electron chi connectivity index (χ0n) is 25.9. The minimum Gasteiger partial charge on any atom is -0.444 e. The van der Waals surface area contributed by atoms with Crippen molar-refractivity contribution in [2.75, 3.05) is 14.2 Å². The van der Waals surface area contributed by atoms with Gasteiger partial charge >= 0.3 is 13.7 Å². The number of aromatic nitrogens is 2. The predicted octanol–water partition coefficient (Wildman–Crippen LogP) is 4.75. The van der Waals surface area contributed by atoms with Crippen LogP contribution < -0.4 is 10.6 Å². The highest BCUT2D eigenvalue weighted by molar-refractivity contribution is 7.54. The summed E-state index contributed by atoms with van der Waals surface area (Å²) in [5.41, 5.74) is 0.851. The summed E-state index contributed by atoms with van der Waals surface area (Å²) in [7, 11) is -1.50. The number of aliphatic hydroxyl groups excluding tert-OH is 1. The molecule has 0 aliphatic heterocycles. The summed E-state index contributed by atoms with van der Waals surface area (Å²) in [5.74, 6) is -1.98. The van der Waals surface area contributed by atoms with Crippen molar-refractivity contribution >= 4 is 19.6 Å². The molecule has 240 valence electrons. The molecule has 0 radical (unpaired) electrons. The van der Waals surface area contributed by atoms with Crippen LogP contribution in [0.15, 0.2) is 42.9 Å². The van der Waals surface area contributed by atoms with Crippen molar-refractivity contribution in [3.05, 3.63) is 54.1 Å². The van der Waals surface area contributed by atoms with Gasteiger partial charge in [0.15, 0.2) is 5.85 Å². The van der Waals surface area contributed by atoms with Crippen LogP contribution in [0.3, 0.4) is 0 Å². The SMILES string of the molecule is COP(=O)(OC)C(O)[C@H](CC1CCCCC1)N[C@@H](Cc1cncn1COCc1ccccc1)C(=O)NC(=O)OC(C)(C)C. The summed E-state index contributed by atoms with van der Waals surface area (Å²) in [6.45, 7) is 5.67. The molecule has 1 aromatic heterocycles. The van der Waals surface area contributed by atoms with E-state index in [2.05, 4.69) is 15.6 Å². The molecule has 1 heterocycles. The van der Waals surface area contributed by atoms with Crippen molar-refractivity contribution in [2.45, 2.75) is 103 Å². The molecule has 2 aromatic rings. The van der Waals surface area contributed by atoms with E-state index < -0.39 is 43.1 Å². The molecule has 3 rings (SSSR count). The van der Waals surface area contributed by atoms with Gasteiger partial charge in [-0.1, -0.05) is 62.4 Å². The number of ether oxygens (including phenoxy) is 2. The van der Waals surface area contributed by atoms with Crippen LogP contribution in [0.4, 0.5) is 4.79 Å². The number of imidazole rings is 1. The molecule has 1 aromatic carbocycles. The number of hydrogen-bond acceptors (Lipinski definition) is 10. The molecule has 3 atom stereocenters. The van der Waals surface area contributed by atoms with Gasteiger partial charge in [0.2, 0.25) is 5.91 Å². The Hall–Kier alpha value is -2.60. The fraction of sp³-hybridized carbons (Fsp3) is 0.633. The summed E-state index contributed by atoms with van der Waals surface area (Å²) in [6, 6.07) is 7.86. The van der Waals surface area contributed by atoms with E-state index in [0.29, 0.717) is 18.7 Å². The maximum Gasteiger partial charge on any atom is 0.414 e. The largest absolute Gasteiger partial charge is 0.444 e. The van der Waals surface area contributed by atoms with Crippen molar-refractivity contribution in [3.8, 4) is 0 Å². The average molecular weight is 623 g/mol. The predicted molar refractivity (Wildman–Crippen MR) is 161 cm³/mol. The molecule has 43 heavy (non-hydrogen) atoms. The first kappa shape index (κ1) is 34.9. The summed E-state index contributed by atoms with van der Waals surface area (Å²) in [6.07, 6.45) is 8.01. The number of rotatable bonds is 15. The molecule has 12 nitrogen and oxygen atoms in total. The molecule has 1 aliphatic carbocycles. The van der Waals surface area contributed by atoms with Crippen LogP contribution >= 0.6 is 7.60 Å². The second-order valence-corrected chi connectivity index (χ2v) is 14.2. The van der Waals surface area contributed by atoms with Gasteiger partial charge in [-0.25, -0.2) is 9.78 Å². The summed E-state index contributed by atoms with van der Waals surface area (Å²) in [4.78, 5) is 30.4. The number of amides is 2. The molecule has 1 fully saturated rings. The molecule has 2 amide bonds. The van der Waals surface area contributed by atoms with Gasteiger partial charge in [0.1, 0.15) is 12.3 Å². The lowest BCUT2D eigenvalue weighted by molar-refractivity contribution is -0.123. The van der Waals surface area contributed by atoms with E-state index >= 15 is 0 Å². The number of imide groups is 1. The van der Waals surface area contributed by atoms with Gasteiger partial charge in [-0.2, -0.15) is 0 Å². The Bertz CT molecular complexity index is 1190. The molecule has 3 N–H and O–H groups in total. The van der Waals surface area contributed by atoms with E-state index in [-0.39, 0.29) is 19.1 Å². The van der Waals surface area contributed by atoms with E-state index in [0.717, 1.165) is 37.7 Å². The number of carbonyl (C=O) groups is 2. The number of alkyl carbamates (subject to hydrolysis) is 1. The Labute approximate surface area is 254 Å². The summed E-state index contributed by atoms with van der Waals surface area (Å²) < 4.78 is 36.5. The van der Waals surface area contributed by atoms with Gasteiger partial charge in [0.25, 0.3) is 0 Å². The minimum absolute atomic E-state index is 0.0848. The Morgan fingerprint density at radius 1 is 1.12 bits per heavy atom. The molecule has 1 unspecified atom stereocenters. The molecule has 1 saturated carbocycles. The fourth-order valence-corrected chi connectivity index (χ4v) is 6.45. The Morgan fingerprint density at radius 3 is 2.42 bits per heavy atom. The first-order valence-corrected chi connectivity index (χ1v) is 16.3. The maximum absolute atomic E-state index is 13.6. The normalized spacial score (nSPS) is 16.8. The Morgan fingerprint density at radius 2 is 1.79 bits per heavy atom. The van der Waals surface area contributed by atoms with Crippen molar-refractivity contribution in [1.82, 2.24) is 20.2 Å². The number of hydrogen-bond donors (Lipinski definition) is 3. The number of aliphatic hydroxyl groups is 1. The van der Waals surface area contributed by atoms with Gasteiger partial charge in [-0.05, 0) is 38.7 Å². The number of benzene rings is 1. The van der Waals surface area contributed by atoms with Crippen LogP contribution in [-0.2, 0) is 47.6 Å². The summed E-state index contributed by atoms with van der Waals surface area (Å²) >= 11 is 0. The minimum atomic E-state index is -3.93. The fourth-order valence-electron chi connectivity index (χ4n) is 5.23. The van der Waals surface area contributed by atoms with E-state index in [4.69, 9.17) is 18.5 Å². The van der Waals surface area contributed by atoms with Gasteiger partial charge in [-0.3, -0.25) is 20.0 Å². The smallest absolute Gasteiger partial charge is 0.414 e. The zero-order chi connectivity index (χ0) is 31.5. The number of nitrogens with zero attached hydrogens (tertiary/aromatic N) is 2. The van der Waals surface area contributed by atoms with E-state index in [1.54, 1.807) is 37.9 Å². The zero-order valence-corrected chi connectivity index (χ0v) is 26.8. The highest BCUT2D eigenvalue weighted by Crippen LogP contribution is 2.52. The van der Waals surface area contributed by atoms with Gasteiger partial charge in [0, 0.05) is 38.6 Å². The topological polar surface area (TPSA) is 150 Å². The number of nitrogens with one attached hydrogen (secondary N) is 2. The Balaban J connectivity index is 1.84. The molecular weight excluding hydrogens is 575 g/mol. The van der Waals surface area contributed by atoms with Gasteiger partial charge < -0.3 is 28.2 Å². The van der Waals surface area contributed by atoms with Crippen LogP contribution in [0.2, 0.25) is 0 Å². The molecule has 0 spiro atoms. The molecular formula is C30H47N4O8P. The van der Waals surface area contributed by atoms with Crippen molar-refractivity contribution in [1.29, 1.82) is 0 Å². The third-order valence-electron chi connectivity index (χ3n) is 7.41. The molecule has 0 saturated heterocycles. The first-order chi connectivity index (χ1) is 20.4. The number of carbonyl (C=O) groups excluding carboxylic acids is 2. The molecule has 1 aliphatic rings. The van der Waals surface area contributed by atoms with Crippen molar-refractivity contribution in [3.63, 3.8) is 0 Å². The average Bonchev–Trinajstić information content (AvgIpc) is 3.42. The highest BCUT2D eigenvalue weighted by atomic mass is 31.2. The summed E-state index contributed by atoms with van der Waals surface area (Å²) in [5, 5.41) is 16.8. The van der Waals surface area contributed by atoms with Crippen LogP contribution in [0.25, 0.3) is 0 Å². The third kappa shape index (κ3) is 11.1. The second-order valence-electron chi connectivity index (χ2n) is 11.9. The van der Waals surface area contributed by atoms with Crippen LogP contribution in [0.1, 0.15) is 70.6 Å². The van der Waals surface area contributed by atoms with Crippen LogP contribution in [-0.4, -0.2) is 64.4 Å². The van der Waals surface area contributed by atoms with E-state index in [9.17, 15) is 19.3 Å². The van der Waals surface area contributed by atoms with Gasteiger partial charge in [-0.15, -0.1) is 0 Å². The monoisotopic (exact) mass is 622 g/mol. The maximum atomic E-state index is 13.6. The molecule has 0 bridgehead atoms. The van der Waals surface area contributed by atoms with Crippen LogP contribution in [0.5, 0.6) is 0 Å². The standard InChI is InChI=1S/C30H47N4O8P/c1-30(2,3)42-29(37)33-27(35)25(17-24-18-31-20-34(24)21-41-19-23-14-10-7-11-15-23)32-26(16-22-12-8-6-9-13-22)28(36)43(38,39-4)40-5/h7,10-11,14-15,18,20,22,25-26,28,32,36H,6,8-9,12-13,16-17,19,21H2,1-5H3,(H,33,35,37)/t25-,26-,28?/m0/s1. The Kier molecular flexibility index (Phi) is 13.4. The van der Waals surface area contributed by atoms with E-state index in [1.807, 2.05) is 30.3 Å². The highest BCUT2D eigenvalue weighted by Gasteiger charge is 2.41. The first-order valence-electron chi connectivity index (χ1n) is 14.7. The van der Waals surface area contributed by atoms with E-state index in [1.165, 1.54) is 14.2 Å². The van der Waals surface area contributed by atoms with Gasteiger partial charge in [0.05, 0.1) is 19.0 Å².